The molecule has 0 aliphatic heterocycles. The molecule has 0 amide bonds. The van der Waals surface area contributed by atoms with Crippen molar-refractivity contribution in [2.75, 3.05) is 13.2 Å². The van der Waals surface area contributed by atoms with E-state index in [9.17, 15) is 13.2 Å². The summed E-state index contributed by atoms with van der Waals surface area (Å²) in [6.07, 6.45) is -3.77. The van der Waals surface area contributed by atoms with Crippen LogP contribution in [0.2, 0.25) is 10.4 Å². The Morgan fingerprint density at radius 1 is 1.24 bits per heavy atom. The van der Waals surface area contributed by atoms with Gasteiger partial charge in [-0.3, -0.25) is 4.68 Å². The number of hydrogen-bond donors (Lipinski definition) is 0. The maximum absolute atomic E-state index is 12.0. The van der Waals surface area contributed by atoms with Crippen molar-refractivity contribution in [3.05, 3.63) is 16.1 Å². The lowest BCUT2D eigenvalue weighted by atomic mass is 10.3. The number of nitrogens with zero attached hydrogens (tertiary/aromatic N) is 4. The first-order valence-corrected chi connectivity index (χ1v) is 6.80. The van der Waals surface area contributed by atoms with Crippen LogP contribution in [0.25, 0.3) is 11.0 Å². The van der Waals surface area contributed by atoms with Crippen molar-refractivity contribution in [2.24, 2.45) is 0 Å². The van der Waals surface area contributed by atoms with Crippen molar-refractivity contribution in [3.8, 4) is 0 Å². The zero-order chi connectivity index (χ0) is 15.6. The van der Waals surface area contributed by atoms with Gasteiger partial charge in [-0.15, -0.1) is 0 Å². The van der Waals surface area contributed by atoms with Crippen LogP contribution in [-0.2, 0) is 17.7 Å². The zero-order valence-electron chi connectivity index (χ0n) is 10.9. The molecule has 2 aromatic heterocycles. The lowest BCUT2D eigenvalue weighted by Crippen LogP contribution is -2.19. The number of hydrogen-bond acceptors (Lipinski definition) is 4. The molecule has 2 heterocycles. The third-order valence-corrected chi connectivity index (χ3v) is 3.07. The Bertz CT molecular complexity index is 644. The van der Waals surface area contributed by atoms with E-state index in [1.54, 1.807) is 0 Å². The number of rotatable bonds is 5. The minimum absolute atomic E-state index is 0.00456. The van der Waals surface area contributed by atoms with Gasteiger partial charge in [-0.25, -0.2) is 9.97 Å². The van der Waals surface area contributed by atoms with Gasteiger partial charge in [0.25, 0.3) is 0 Å². The number of halogens is 5. The highest BCUT2D eigenvalue weighted by Gasteiger charge is 2.27. The average molecular weight is 343 g/mol. The maximum Gasteiger partial charge on any atom is 0.411 e. The van der Waals surface area contributed by atoms with Crippen LogP contribution >= 0.6 is 23.2 Å². The molecule has 0 spiro atoms. The Hall–Kier alpha value is -1.12. The largest absolute Gasteiger partial charge is 0.411 e. The molecular formula is C11H11Cl2F3N4O. The van der Waals surface area contributed by atoms with Crippen molar-refractivity contribution in [1.82, 2.24) is 19.7 Å². The molecule has 0 saturated carbocycles. The van der Waals surface area contributed by atoms with E-state index in [0.717, 1.165) is 0 Å². The highest BCUT2D eigenvalue weighted by Crippen LogP contribution is 2.25. The minimum Gasteiger partial charge on any atom is -0.370 e. The van der Waals surface area contributed by atoms with E-state index in [1.165, 1.54) is 4.68 Å². The molecule has 0 N–H and O–H groups in total. The first-order chi connectivity index (χ1) is 9.81. The second-order valence-electron chi connectivity index (χ2n) is 4.17. The normalized spacial score (nSPS) is 12.3. The van der Waals surface area contributed by atoms with Crippen LogP contribution in [0.1, 0.15) is 12.6 Å². The molecule has 0 unspecified atom stereocenters. The number of alkyl halides is 3. The van der Waals surface area contributed by atoms with Crippen LogP contribution in [0.4, 0.5) is 13.2 Å². The third kappa shape index (κ3) is 3.96. The standard InChI is InChI=1S/C11H11Cl2F3N4O/c1-2-6-7-8(9(12)18-10(13)17-7)20(19-6)3-4-21-5-11(14,15)16/h2-5H2,1H3. The smallest absolute Gasteiger partial charge is 0.370 e. The topological polar surface area (TPSA) is 52.8 Å². The van der Waals surface area contributed by atoms with Crippen LogP contribution in [0.3, 0.4) is 0 Å². The van der Waals surface area contributed by atoms with Crippen molar-refractivity contribution >= 4 is 34.2 Å². The molecule has 0 atom stereocenters. The molecule has 0 fully saturated rings. The summed E-state index contributed by atoms with van der Waals surface area (Å²) in [6.45, 7) is 0.523. The SMILES string of the molecule is CCc1nn(CCOCC(F)(F)F)c2c(Cl)nc(Cl)nc12. The van der Waals surface area contributed by atoms with Gasteiger partial charge < -0.3 is 4.74 Å². The third-order valence-electron chi connectivity index (χ3n) is 2.64. The van der Waals surface area contributed by atoms with Crippen LogP contribution in [-0.4, -0.2) is 39.1 Å². The van der Waals surface area contributed by atoms with Crippen LogP contribution in [0.5, 0.6) is 0 Å². The van der Waals surface area contributed by atoms with E-state index in [1.807, 2.05) is 6.92 Å². The number of aryl methyl sites for hydroxylation is 1. The van der Waals surface area contributed by atoms with E-state index in [2.05, 4.69) is 19.8 Å². The Balaban J connectivity index is 2.20. The van der Waals surface area contributed by atoms with Gasteiger partial charge in [-0.2, -0.15) is 18.3 Å². The Morgan fingerprint density at radius 2 is 1.95 bits per heavy atom. The summed E-state index contributed by atoms with van der Waals surface area (Å²) < 4.78 is 42.0. The van der Waals surface area contributed by atoms with Gasteiger partial charge >= 0.3 is 6.18 Å². The van der Waals surface area contributed by atoms with Gasteiger partial charge in [0.15, 0.2) is 5.15 Å². The van der Waals surface area contributed by atoms with Crippen molar-refractivity contribution in [1.29, 1.82) is 0 Å². The molecule has 0 aromatic carbocycles. The minimum atomic E-state index is -4.35. The summed E-state index contributed by atoms with van der Waals surface area (Å²) in [4.78, 5) is 7.88. The maximum atomic E-state index is 12.0. The van der Waals surface area contributed by atoms with E-state index in [4.69, 9.17) is 23.2 Å². The molecular weight excluding hydrogens is 332 g/mol. The fourth-order valence-corrected chi connectivity index (χ4v) is 2.29. The van der Waals surface area contributed by atoms with Gasteiger partial charge in [-0.1, -0.05) is 18.5 Å². The van der Waals surface area contributed by atoms with Crippen molar-refractivity contribution in [3.63, 3.8) is 0 Å². The van der Waals surface area contributed by atoms with Gasteiger partial charge in [0.2, 0.25) is 5.28 Å². The van der Waals surface area contributed by atoms with Gasteiger partial charge in [0, 0.05) is 0 Å². The molecule has 0 radical (unpaired) electrons. The van der Waals surface area contributed by atoms with Gasteiger partial charge in [0.05, 0.1) is 18.8 Å². The van der Waals surface area contributed by atoms with E-state index in [0.29, 0.717) is 23.1 Å². The monoisotopic (exact) mass is 342 g/mol. The summed E-state index contributed by atoms with van der Waals surface area (Å²) in [5.41, 5.74) is 1.58. The fraction of sp³-hybridized carbons (Fsp3) is 0.545. The second kappa shape index (κ2) is 6.33. The lowest BCUT2D eigenvalue weighted by Gasteiger charge is -2.08. The average Bonchev–Trinajstić information content (AvgIpc) is 2.71. The first kappa shape index (κ1) is 16.3. The van der Waals surface area contributed by atoms with E-state index < -0.39 is 12.8 Å². The van der Waals surface area contributed by atoms with Crippen molar-refractivity contribution < 1.29 is 17.9 Å². The summed E-state index contributed by atoms with van der Waals surface area (Å²) in [5, 5.41) is 4.35. The number of fused-ring (bicyclic) bond motifs is 1. The lowest BCUT2D eigenvalue weighted by molar-refractivity contribution is -0.174. The highest BCUT2D eigenvalue weighted by molar-refractivity contribution is 6.35. The number of aromatic nitrogens is 4. The summed E-state index contributed by atoms with van der Waals surface area (Å²) in [7, 11) is 0. The molecule has 0 bridgehead atoms. The number of ether oxygens (including phenoxy) is 1. The Kier molecular flexibility index (Phi) is 4.90. The molecule has 2 rings (SSSR count). The van der Waals surface area contributed by atoms with Crippen LogP contribution < -0.4 is 0 Å². The van der Waals surface area contributed by atoms with Crippen molar-refractivity contribution in [2.45, 2.75) is 26.1 Å². The predicted octanol–water partition coefficient (Wildman–Crippen LogP) is 3.27. The second-order valence-corrected chi connectivity index (χ2v) is 4.87. The van der Waals surface area contributed by atoms with Crippen LogP contribution in [0.15, 0.2) is 0 Å². The summed E-state index contributed by atoms with van der Waals surface area (Å²) in [6, 6.07) is 0. The summed E-state index contributed by atoms with van der Waals surface area (Å²) >= 11 is 11.8. The predicted molar refractivity (Wildman–Crippen MR) is 71.6 cm³/mol. The summed E-state index contributed by atoms with van der Waals surface area (Å²) in [5.74, 6) is 0. The molecule has 5 nitrogen and oxygen atoms in total. The van der Waals surface area contributed by atoms with Gasteiger partial charge in [-0.05, 0) is 18.0 Å². The Labute approximate surface area is 128 Å². The van der Waals surface area contributed by atoms with Crippen LogP contribution in [0, 0.1) is 0 Å². The van der Waals surface area contributed by atoms with Gasteiger partial charge in [0.1, 0.15) is 17.6 Å². The molecule has 10 heteroatoms. The highest BCUT2D eigenvalue weighted by atomic mass is 35.5. The molecule has 0 aliphatic carbocycles. The van der Waals surface area contributed by atoms with E-state index >= 15 is 0 Å². The van der Waals surface area contributed by atoms with E-state index in [-0.39, 0.29) is 23.6 Å². The first-order valence-electron chi connectivity index (χ1n) is 6.04. The quantitative estimate of drug-likeness (QED) is 0.475. The Morgan fingerprint density at radius 3 is 2.57 bits per heavy atom. The molecule has 0 saturated heterocycles. The molecule has 21 heavy (non-hydrogen) atoms. The molecule has 2 aromatic rings. The zero-order valence-corrected chi connectivity index (χ0v) is 12.4. The molecule has 116 valence electrons. The molecule has 0 aliphatic rings. The fourth-order valence-electron chi connectivity index (χ4n) is 1.81.